The zero-order valence-electron chi connectivity index (χ0n) is 32.7. The van der Waals surface area contributed by atoms with E-state index in [9.17, 15) is 0 Å². The standard InChI is InChI=1S/C47H54N6/c1-9-46(10-2)45-52(36-22-13-12-14-23-36)44-43(48-31-38(49-44)32(4)5)53(45)40-26-18-16-24-37(40)47(46,11-3)30-29-35-21-15-17-25-39(35)51-34(8)50(33(6)7)41-27-19-20-28-42(41)51/h12-34,45H,9-11H2,1-8H3. The predicted octanol–water partition coefficient (Wildman–Crippen LogP) is 12.1. The maximum absolute atomic E-state index is 5.40. The van der Waals surface area contributed by atoms with Crippen molar-refractivity contribution < 1.29 is 0 Å². The summed E-state index contributed by atoms with van der Waals surface area (Å²) < 4.78 is 0. The van der Waals surface area contributed by atoms with Crippen LogP contribution in [0.5, 0.6) is 0 Å². The number of allylic oxidation sites excluding steroid dienone is 1. The van der Waals surface area contributed by atoms with Crippen LogP contribution in [0.2, 0.25) is 0 Å². The molecule has 0 radical (unpaired) electrons. The summed E-state index contributed by atoms with van der Waals surface area (Å²) in [5.41, 5.74) is 9.26. The summed E-state index contributed by atoms with van der Waals surface area (Å²) in [5, 5.41) is 0. The molecule has 0 spiro atoms. The summed E-state index contributed by atoms with van der Waals surface area (Å²) in [6.45, 7) is 18.5. The summed E-state index contributed by atoms with van der Waals surface area (Å²) in [4.78, 5) is 20.8. The van der Waals surface area contributed by atoms with Gasteiger partial charge in [-0.3, -0.25) is 0 Å². The highest BCUT2D eigenvalue weighted by atomic mass is 15.5. The van der Waals surface area contributed by atoms with Gasteiger partial charge >= 0.3 is 0 Å². The lowest BCUT2D eigenvalue weighted by atomic mass is 9.52. The maximum atomic E-state index is 5.40. The fraction of sp³-hybridized carbons (Fsp3) is 0.362. The molecule has 0 amide bonds. The lowest BCUT2D eigenvalue weighted by Gasteiger charge is -2.60. The second kappa shape index (κ2) is 13.4. The second-order valence-corrected chi connectivity index (χ2v) is 15.6. The molecule has 4 heterocycles. The van der Waals surface area contributed by atoms with E-state index in [1.165, 1.54) is 33.9 Å². The minimum Gasteiger partial charge on any atom is -0.347 e. The van der Waals surface area contributed by atoms with E-state index in [4.69, 9.17) is 9.97 Å². The van der Waals surface area contributed by atoms with E-state index >= 15 is 0 Å². The first kappa shape index (κ1) is 35.0. The molecule has 3 unspecified atom stereocenters. The SMILES string of the molecule is CCC1(C=Cc2ccccc2N2c3ccccc3N(C(C)C)C2C)c2ccccc2N2c3ncc(C(C)C)nc3N(c3ccccc3)C2C1(CC)CC. The average molecular weight is 703 g/mol. The van der Waals surface area contributed by atoms with E-state index in [0.29, 0.717) is 6.04 Å². The first-order valence-electron chi connectivity index (χ1n) is 19.8. The van der Waals surface area contributed by atoms with Crippen molar-refractivity contribution in [1.29, 1.82) is 0 Å². The lowest BCUT2D eigenvalue weighted by molar-refractivity contribution is 0.0909. The molecule has 3 aliphatic heterocycles. The van der Waals surface area contributed by atoms with Crippen molar-refractivity contribution in [2.24, 2.45) is 5.41 Å². The van der Waals surface area contributed by atoms with E-state index in [2.05, 4.69) is 190 Å². The third-order valence-corrected chi connectivity index (χ3v) is 12.7. The van der Waals surface area contributed by atoms with E-state index in [-0.39, 0.29) is 29.1 Å². The van der Waals surface area contributed by atoms with Crippen LogP contribution in [0.4, 0.5) is 40.1 Å². The zero-order valence-corrected chi connectivity index (χ0v) is 32.7. The van der Waals surface area contributed by atoms with Crippen LogP contribution in [0.25, 0.3) is 6.08 Å². The second-order valence-electron chi connectivity index (χ2n) is 15.6. The largest absolute Gasteiger partial charge is 0.347 e. The first-order chi connectivity index (χ1) is 25.7. The minimum absolute atomic E-state index is 0.0304. The molecule has 0 fully saturated rings. The van der Waals surface area contributed by atoms with Crippen molar-refractivity contribution >= 4 is 46.1 Å². The number of benzene rings is 4. The summed E-state index contributed by atoms with van der Waals surface area (Å²) in [5.74, 6) is 2.16. The Morgan fingerprint density at radius 3 is 1.94 bits per heavy atom. The highest BCUT2D eigenvalue weighted by molar-refractivity contribution is 5.89. The van der Waals surface area contributed by atoms with Gasteiger partial charge in [-0.2, -0.15) is 0 Å². The molecule has 4 aromatic carbocycles. The van der Waals surface area contributed by atoms with Crippen molar-refractivity contribution in [2.45, 2.75) is 104 Å². The molecule has 6 nitrogen and oxygen atoms in total. The molecule has 6 heteroatoms. The van der Waals surface area contributed by atoms with E-state index in [1.54, 1.807) is 0 Å². The van der Waals surface area contributed by atoms with Crippen LogP contribution in [0, 0.1) is 5.41 Å². The maximum Gasteiger partial charge on any atom is 0.178 e. The summed E-state index contributed by atoms with van der Waals surface area (Å²) >= 11 is 0. The van der Waals surface area contributed by atoms with E-state index in [0.717, 1.165) is 42.3 Å². The quantitative estimate of drug-likeness (QED) is 0.152. The van der Waals surface area contributed by atoms with Crippen molar-refractivity contribution in [3.05, 3.63) is 132 Å². The van der Waals surface area contributed by atoms with Gasteiger partial charge in [-0.25, -0.2) is 9.97 Å². The predicted molar refractivity (Wildman–Crippen MR) is 223 cm³/mol. The van der Waals surface area contributed by atoms with Crippen molar-refractivity contribution in [3.63, 3.8) is 0 Å². The van der Waals surface area contributed by atoms with Crippen molar-refractivity contribution in [2.75, 3.05) is 19.6 Å². The summed E-state index contributed by atoms with van der Waals surface area (Å²) in [6.07, 6.45) is 10.1. The Balaban J connectivity index is 1.34. The number of nitrogens with zero attached hydrogens (tertiary/aromatic N) is 6. The fourth-order valence-electron chi connectivity index (χ4n) is 10.2. The highest BCUT2D eigenvalue weighted by Gasteiger charge is 2.63. The van der Waals surface area contributed by atoms with Crippen LogP contribution in [0.3, 0.4) is 0 Å². The monoisotopic (exact) mass is 702 g/mol. The Hall–Kier alpha value is -5.10. The number of aromatic nitrogens is 2. The molecule has 53 heavy (non-hydrogen) atoms. The van der Waals surface area contributed by atoms with Crippen LogP contribution >= 0.6 is 0 Å². The Labute approximate surface area is 316 Å². The lowest BCUT2D eigenvalue weighted by Crippen LogP contribution is -2.63. The first-order valence-corrected chi connectivity index (χ1v) is 19.8. The topological polar surface area (TPSA) is 38.7 Å². The highest BCUT2D eigenvalue weighted by Crippen LogP contribution is 2.66. The van der Waals surface area contributed by atoms with Gasteiger partial charge in [-0.15, -0.1) is 0 Å². The van der Waals surface area contributed by atoms with Crippen LogP contribution < -0.4 is 19.6 Å². The summed E-state index contributed by atoms with van der Waals surface area (Å²) in [7, 11) is 0. The number of fused-ring (bicyclic) bond motifs is 6. The number of para-hydroxylation sites is 5. The fourth-order valence-corrected chi connectivity index (χ4v) is 10.2. The average Bonchev–Trinajstić information content (AvgIpc) is 3.69. The van der Waals surface area contributed by atoms with Crippen LogP contribution in [-0.4, -0.2) is 28.3 Å². The van der Waals surface area contributed by atoms with Gasteiger partial charge in [0, 0.05) is 28.2 Å². The Bertz CT molecular complexity index is 2130. The van der Waals surface area contributed by atoms with Gasteiger partial charge < -0.3 is 19.6 Å². The molecule has 0 saturated heterocycles. The zero-order chi connectivity index (χ0) is 37.1. The summed E-state index contributed by atoms with van der Waals surface area (Å²) in [6, 6.07) is 38.2. The molecule has 5 aromatic rings. The Morgan fingerprint density at radius 2 is 1.28 bits per heavy atom. The van der Waals surface area contributed by atoms with Crippen LogP contribution in [-0.2, 0) is 5.41 Å². The molecule has 3 atom stereocenters. The molecule has 0 aliphatic carbocycles. The third kappa shape index (κ3) is 5.04. The van der Waals surface area contributed by atoms with E-state index in [1.807, 2.05) is 6.20 Å². The van der Waals surface area contributed by atoms with Gasteiger partial charge in [0.25, 0.3) is 0 Å². The molecule has 0 saturated carbocycles. The molecule has 0 N–H and O–H groups in total. The van der Waals surface area contributed by atoms with Crippen molar-refractivity contribution in [3.8, 4) is 0 Å². The van der Waals surface area contributed by atoms with Gasteiger partial charge in [0.15, 0.2) is 11.6 Å². The third-order valence-electron chi connectivity index (χ3n) is 12.7. The Morgan fingerprint density at radius 1 is 0.660 bits per heavy atom. The molecular weight excluding hydrogens is 649 g/mol. The molecule has 272 valence electrons. The molecule has 0 bridgehead atoms. The van der Waals surface area contributed by atoms with E-state index < -0.39 is 0 Å². The number of anilines is 7. The minimum atomic E-state index is -0.296. The van der Waals surface area contributed by atoms with Gasteiger partial charge in [-0.05, 0) is 93.5 Å². The van der Waals surface area contributed by atoms with Gasteiger partial charge in [-0.1, -0.05) is 114 Å². The van der Waals surface area contributed by atoms with Gasteiger partial charge in [0.05, 0.1) is 29.0 Å². The molecule has 3 aliphatic rings. The van der Waals surface area contributed by atoms with Crippen molar-refractivity contribution in [1.82, 2.24) is 9.97 Å². The van der Waals surface area contributed by atoms with Crippen LogP contribution in [0.15, 0.2) is 115 Å². The van der Waals surface area contributed by atoms with Crippen LogP contribution in [0.1, 0.15) is 97.4 Å². The molecule has 1 aromatic heterocycles. The molecular formula is C47H54N6. The number of hydrogen-bond acceptors (Lipinski definition) is 6. The number of rotatable bonds is 9. The number of hydrogen-bond donors (Lipinski definition) is 0. The van der Waals surface area contributed by atoms with Gasteiger partial charge in [0.1, 0.15) is 12.3 Å². The normalized spacial score (nSPS) is 21.4. The smallest absolute Gasteiger partial charge is 0.178 e. The molecule has 8 rings (SSSR count). The van der Waals surface area contributed by atoms with Gasteiger partial charge in [0.2, 0.25) is 0 Å². The Kier molecular flexibility index (Phi) is 8.83.